The first-order valence-corrected chi connectivity index (χ1v) is 13.1. The fourth-order valence-corrected chi connectivity index (χ4v) is 5.61. The quantitative estimate of drug-likeness (QED) is 0.356. The third kappa shape index (κ3) is 3.94. The third-order valence-electron chi connectivity index (χ3n) is 7.60. The predicted molar refractivity (Wildman–Crippen MR) is 149 cm³/mol. The fraction of sp³-hybridized carbons (Fsp3) is 0.161. The van der Waals surface area contributed by atoms with Crippen LogP contribution in [0.15, 0.2) is 119 Å². The van der Waals surface area contributed by atoms with Gasteiger partial charge in [-0.3, -0.25) is 19.4 Å². The van der Waals surface area contributed by atoms with Crippen molar-refractivity contribution in [3.05, 3.63) is 114 Å². The first-order valence-electron chi connectivity index (χ1n) is 13.1. The lowest BCUT2D eigenvalue weighted by Crippen LogP contribution is -2.44. The average Bonchev–Trinajstić information content (AvgIpc) is 3.69. The van der Waals surface area contributed by atoms with Crippen molar-refractivity contribution >= 4 is 39.9 Å². The summed E-state index contributed by atoms with van der Waals surface area (Å²) in [7, 11) is 0. The topological polar surface area (TPSA) is 98.0 Å². The lowest BCUT2D eigenvalue weighted by Gasteiger charge is -2.25. The molecule has 0 bridgehead atoms. The molecule has 40 heavy (non-hydrogen) atoms. The number of carbonyl (C=O) groups excluding carboxylic acids is 3. The fourth-order valence-electron chi connectivity index (χ4n) is 5.61. The Labute approximate surface area is 230 Å². The molecule has 0 aliphatic carbocycles. The van der Waals surface area contributed by atoms with Gasteiger partial charge in [0.05, 0.1) is 17.4 Å². The molecule has 3 heterocycles. The van der Waals surface area contributed by atoms with Crippen LogP contribution in [0, 0.1) is 0 Å². The number of amides is 3. The summed E-state index contributed by atoms with van der Waals surface area (Å²) >= 11 is 0. The highest BCUT2D eigenvalue weighted by Gasteiger charge is 2.55. The molecule has 3 aliphatic rings. The van der Waals surface area contributed by atoms with Crippen molar-refractivity contribution in [1.82, 2.24) is 10.0 Å². The summed E-state index contributed by atoms with van der Waals surface area (Å²) in [6.45, 7) is -0.232. The van der Waals surface area contributed by atoms with Gasteiger partial charge in [-0.2, -0.15) is 10.2 Å². The van der Waals surface area contributed by atoms with Gasteiger partial charge in [-0.15, -0.1) is 0 Å². The minimum Gasteiger partial charge on any atom is -0.271 e. The lowest BCUT2D eigenvalue weighted by atomic mass is 9.97. The number of carbonyl (C=O) groups is 3. The minimum atomic E-state index is -0.972. The van der Waals surface area contributed by atoms with Gasteiger partial charge >= 0.3 is 0 Å². The van der Waals surface area contributed by atoms with Gasteiger partial charge in [-0.1, -0.05) is 90.2 Å². The second-order valence-electron chi connectivity index (χ2n) is 10.0. The first kappa shape index (κ1) is 23.9. The van der Waals surface area contributed by atoms with Gasteiger partial charge in [0.2, 0.25) is 0 Å². The Morgan fingerprint density at radius 2 is 1.50 bits per heavy atom. The standard InChI is InChI=1S/C31H24N6O3/c38-27(19-35-29-28(32-34-35)30(39)36(31(29)40)24-13-5-2-6-14-24)37-26(21-10-3-1-4-11-21)18-25(33-37)23-16-15-20-9-7-8-12-22(20)17-23/h1-17,26,28-29H,18-19H2/t26-,28+,29-/m0/s1. The molecule has 0 unspecified atom stereocenters. The molecule has 3 atom stereocenters. The van der Waals surface area contributed by atoms with Gasteiger partial charge in [0, 0.05) is 6.42 Å². The maximum atomic E-state index is 13.8. The number of rotatable bonds is 5. The predicted octanol–water partition coefficient (Wildman–Crippen LogP) is 4.51. The molecule has 0 N–H and O–H groups in total. The maximum absolute atomic E-state index is 13.8. The Hall–Kier alpha value is -5.18. The lowest BCUT2D eigenvalue weighted by molar-refractivity contribution is -0.135. The van der Waals surface area contributed by atoms with Crippen molar-refractivity contribution in [1.29, 1.82) is 0 Å². The van der Waals surface area contributed by atoms with Crippen molar-refractivity contribution in [3.63, 3.8) is 0 Å². The summed E-state index contributed by atoms with van der Waals surface area (Å²) in [5.41, 5.74) is 3.18. The Morgan fingerprint density at radius 3 is 2.27 bits per heavy atom. The molecule has 9 heteroatoms. The van der Waals surface area contributed by atoms with E-state index in [1.165, 1.54) is 10.0 Å². The number of hydrogen-bond donors (Lipinski definition) is 0. The van der Waals surface area contributed by atoms with Crippen LogP contribution in [0.25, 0.3) is 10.8 Å². The highest BCUT2D eigenvalue weighted by Crippen LogP contribution is 2.35. The van der Waals surface area contributed by atoms with Gasteiger partial charge in [-0.25, -0.2) is 9.91 Å². The maximum Gasteiger partial charge on any atom is 0.264 e. The van der Waals surface area contributed by atoms with E-state index >= 15 is 0 Å². The summed E-state index contributed by atoms with van der Waals surface area (Å²) in [5, 5.41) is 18.0. The van der Waals surface area contributed by atoms with Gasteiger partial charge < -0.3 is 0 Å². The zero-order chi connectivity index (χ0) is 27.2. The van der Waals surface area contributed by atoms with Crippen LogP contribution in [0.2, 0.25) is 0 Å². The summed E-state index contributed by atoms with van der Waals surface area (Å²) in [5.74, 6) is -1.22. The summed E-state index contributed by atoms with van der Waals surface area (Å²) in [4.78, 5) is 41.3. The van der Waals surface area contributed by atoms with Crippen LogP contribution in [-0.4, -0.2) is 52.1 Å². The van der Waals surface area contributed by atoms with Crippen LogP contribution in [0.1, 0.15) is 23.6 Å². The number of hydrogen-bond acceptors (Lipinski definition) is 7. The Kier molecular flexibility index (Phi) is 5.70. The number of fused-ring (bicyclic) bond motifs is 2. The van der Waals surface area contributed by atoms with Crippen LogP contribution in [0.4, 0.5) is 5.69 Å². The molecule has 0 saturated carbocycles. The van der Waals surface area contributed by atoms with Crippen molar-refractivity contribution in [2.45, 2.75) is 24.5 Å². The molecule has 0 spiro atoms. The Balaban J connectivity index is 1.17. The van der Waals surface area contributed by atoms with Crippen LogP contribution in [0.5, 0.6) is 0 Å². The van der Waals surface area contributed by atoms with Crippen LogP contribution in [-0.2, 0) is 14.4 Å². The van der Waals surface area contributed by atoms with E-state index in [9.17, 15) is 14.4 Å². The van der Waals surface area contributed by atoms with Crippen LogP contribution in [0.3, 0.4) is 0 Å². The molecule has 9 nitrogen and oxygen atoms in total. The van der Waals surface area contributed by atoms with E-state index in [-0.39, 0.29) is 18.5 Å². The monoisotopic (exact) mass is 528 g/mol. The number of nitrogens with zero attached hydrogens (tertiary/aromatic N) is 6. The summed E-state index contributed by atoms with van der Waals surface area (Å²) in [6, 6.07) is 30.5. The highest BCUT2D eigenvalue weighted by molar-refractivity contribution is 6.25. The Bertz CT molecular complexity index is 1700. The second-order valence-corrected chi connectivity index (χ2v) is 10.0. The SMILES string of the molecule is O=C1[C@@H]2[C@@H](N=NN2CC(=O)N2N=C(c3ccc4ccccc4c3)C[C@H]2c2ccccc2)C(=O)N1c1ccccc1. The molecule has 0 radical (unpaired) electrons. The van der Waals surface area contributed by atoms with Crippen molar-refractivity contribution in [2.24, 2.45) is 15.4 Å². The summed E-state index contributed by atoms with van der Waals surface area (Å²) < 4.78 is 0. The molecule has 4 aromatic carbocycles. The average molecular weight is 529 g/mol. The molecule has 196 valence electrons. The van der Waals surface area contributed by atoms with E-state index < -0.39 is 23.9 Å². The molecule has 3 amide bonds. The molecule has 4 aromatic rings. The van der Waals surface area contributed by atoms with Crippen molar-refractivity contribution < 1.29 is 14.4 Å². The van der Waals surface area contributed by atoms with E-state index in [1.54, 1.807) is 24.3 Å². The van der Waals surface area contributed by atoms with E-state index in [0.29, 0.717) is 12.1 Å². The summed E-state index contributed by atoms with van der Waals surface area (Å²) in [6.07, 6.45) is 0.543. The smallest absolute Gasteiger partial charge is 0.264 e. The molecule has 7 rings (SSSR count). The normalized spacial score (nSPS) is 21.9. The largest absolute Gasteiger partial charge is 0.271 e. The van der Waals surface area contributed by atoms with Gasteiger partial charge in [0.15, 0.2) is 12.1 Å². The molecule has 3 aliphatic heterocycles. The number of hydrazone groups is 1. The van der Waals surface area contributed by atoms with Crippen molar-refractivity contribution in [3.8, 4) is 0 Å². The molecule has 1 saturated heterocycles. The van der Waals surface area contributed by atoms with Crippen molar-refractivity contribution in [2.75, 3.05) is 11.4 Å². The minimum absolute atomic E-state index is 0.232. The number of anilines is 1. The van der Waals surface area contributed by atoms with Crippen LogP contribution >= 0.6 is 0 Å². The molecular weight excluding hydrogens is 504 g/mol. The van der Waals surface area contributed by atoms with Gasteiger partial charge in [-0.05, 0) is 40.1 Å². The number of para-hydroxylation sites is 1. The number of imide groups is 1. The van der Waals surface area contributed by atoms with Crippen LogP contribution < -0.4 is 4.90 Å². The third-order valence-corrected chi connectivity index (χ3v) is 7.60. The van der Waals surface area contributed by atoms with E-state index in [1.807, 2.05) is 54.6 Å². The Morgan fingerprint density at radius 1 is 0.800 bits per heavy atom. The van der Waals surface area contributed by atoms with E-state index in [2.05, 4.69) is 34.6 Å². The van der Waals surface area contributed by atoms with Gasteiger partial charge in [0.25, 0.3) is 17.7 Å². The van der Waals surface area contributed by atoms with Gasteiger partial charge in [0.1, 0.15) is 6.54 Å². The zero-order valence-electron chi connectivity index (χ0n) is 21.4. The number of benzene rings is 4. The zero-order valence-corrected chi connectivity index (χ0v) is 21.4. The second kappa shape index (κ2) is 9.53. The van der Waals surface area contributed by atoms with E-state index in [4.69, 9.17) is 5.10 Å². The molecule has 0 aromatic heterocycles. The molecule has 1 fully saturated rings. The molecular formula is C31H24N6O3. The van der Waals surface area contributed by atoms with E-state index in [0.717, 1.165) is 32.5 Å². The highest BCUT2D eigenvalue weighted by atomic mass is 16.2. The first-order chi connectivity index (χ1) is 19.6.